The Labute approximate surface area is 83.7 Å². The highest BCUT2D eigenvalue weighted by Gasteiger charge is 2.19. The lowest BCUT2D eigenvalue weighted by Crippen LogP contribution is -2.33. The van der Waals surface area contributed by atoms with Gasteiger partial charge in [-0.1, -0.05) is 6.92 Å². The van der Waals surface area contributed by atoms with E-state index in [4.69, 9.17) is 11.5 Å². The second-order valence-electron chi connectivity index (χ2n) is 3.62. The molecule has 4 nitrogen and oxygen atoms in total. The van der Waals surface area contributed by atoms with E-state index in [1.807, 2.05) is 12.1 Å². The number of hydrogen-bond acceptors (Lipinski definition) is 4. The molecule has 0 aliphatic carbocycles. The zero-order valence-electron chi connectivity index (χ0n) is 8.30. The summed E-state index contributed by atoms with van der Waals surface area (Å²) in [6.07, 6.45) is 1.07. The summed E-state index contributed by atoms with van der Waals surface area (Å²) in [5, 5.41) is 6.69. The van der Waals surface area contributed by atoms with Gasteiger partial charge in [0.15, 0.2) is 0 Å². The van der Waals surface area contributed by atoms with E-state index in [1.54, 1.807) is 0 Å². The molecule has 14 heavy (non-hydrogen) atoms. The molecule has 1 aromatic rings. The number of benzene rings is 1. The van der Waals surface area contributed by atoms with E-state index in [0.29, 0.717) is 6.04 Å². The van der Waals surface area contributed by atoms with Gasteiger partial charge in [0.05, 0.1) is 22.7 Å². The van der Waals surface area contributed by atoms with Crippen LogP contribution in [0.2, 0.25) is 0 Å². The Kier molecular flexibility index (Phi) is 2.11. The fourth-order valence-electron chi connectivity index (χ4n) is 1.71. The molecule has 0 bridgehead atoms. The Hall–Kier alpha value is -1.58. The highest BCUT2D eigenvalue weighted by molar-refractivity contribution is 5.90. The molecule has 1 unspecified atom stereocenters. The van der Waals surface area contributed by atoms with Crippen molar-refractivity contribution in [2.75, 3.05) is 28.6 Å². The first-order valence-electron chi connectivity index (χ1n) is 4.90. The maximum Gasteiger partial charge on any atom is 0.0833 e. The van der Waals surface area contributed by atoms with Gasteiger partial charge >= 0.3 is 0 Å². The smallest absolute Gasteiger partial charge is 0.0833 e. The minimum absolute atomic E-state index is 0.437. The normalized spacial score (nSPS) is 19.4. The van der Waals surface area contributed by atoms with Crippen molar-refractivity contribution in [3.8, 4) is 0 Å². The van der Waals surface area contributed by atoms with Crippen molar-refractivity contribution >= 4 is 22.7 Å². The Morgan fingerprint density at radius 1 is 1.29 bits per heavy atom. The number of nitrogens with two attached hydrogens (primary N) is 2. The Morgan fingerprint density at radius 2 is 1.93 bits per heavy atom. The molecule has 0 saturated carbocycles. The summed E-state index contributed by atoms with van der Waals surface area (Å²) >= 11 is 0. The molecule has 0 saturated heterocycles. The molecule has 0 fully saturated rings. The van der Waals surface area contributed by atoms with Crippen molar-refractivity contribution in [3.05, 3.63) is 12.1 Å². The van der Waals surface area contributed by atoms with Crippen LogP contribution in [0.3, 0.4) is 0 Å². The molecule has 76 valence electrons. The van der Waals surface area contributed by atoms with Gasteiger partial charge < -0.3 is 22.1 Å². The summed E-state index contributed by atoms with van der Waals surface area (Å²) in [6.45, 7) is 3.05. The molecular formula is C10H16N4. The SMILES string of the molecule is CCC1CNc2c(N)ccc(N)c2N1. The number of nitrogens with one attached hydrogen (secondary N) is 2. The minimum atomic E-state index is 0.437. The fourth-order valence-corrected chi connectivity index (χ4v) is 1.71. The first-order chi connectivity index (χ1) is 6.72. The first kappa shape index (κ1) is 8.99. The third kappa shape index (κ3) is 1.32. The lowest BCUT2D eigenvalue weighted by atomic mass is 10.1. The van der Waals surface area contributed by atoms with Gasteiger partial charge in [-0.3, -0.25) is 0 Å². The summed E-state index contributed by atoms with van der Waals surface area (Å²) in [6, 6.07) is 4.10. The van der Waals surface area contributed by atoms with E-state index in [9.17, 15) is 0 Å². The first-order valence-corrected chi connectivity index (χ1v) is 4.90. The Bertz CT molecular complexity index is 348. The van der Waals surface area contributed by atoms with Crippen molar-refractivity contribution < 1.29 is 0 Å². The van der Waals surface area contributed by atoms with Crippen molar-refractivity contribution in [1.29, 1.82) is 0 Å². The van der Waals surface area contributed by atoms with Crippen LogP contribution in [0.5, 0.6) is 0 Å². The second-order valence-corrected chi connectivity index (χ2v) is 3.62. The van der Waals surface area contributed by atoms with Crippen LogP contribution in [0.1, 0.15) is 13.3 Å². The van der Waals surface area contributed by atoms with Crippen molar-refractivity contribution in [2.24, 2.45) is 0 Å². The van der Waals surface area contributed by atoms with Gasteiger partial charge in [0.25, 0.3) is 0 Å². The number of anilines is 4. The molecule has 1 aliphatic rings. The highest BCUT2D eigenvalue weighted by atomic mass is 15.1. The largest absolute Gasteiger partial charge is 0.397 e. The standard InChI is InChI=1S/C10H16N4/c1-2-6-5-13-9-7(11)3-4-8(12)10(9)14-6/h3-4,6,13-14H,2,5,11-12H2,1H3. The molecule has 0 amide bonds. The molecule has 6 N–H and O–H groups in total. The monoisotopic (exact) mass is 192 g/mol. The van der Waals surface area contributed by atoms with Crippen molar-refractivity contribution in [1.82, 2.24) is 0 Å². The van der Waals surface area contributed by atoms with Crippen LogP contribution in [0.4, 0.5) is 22.7 Å². The van der Waals surface area contributed by atoms with Gasteiger partial charge in [-0.25, -0.2) is 0 Å². The van der Waals surface area contributed by atoms with E-state index in [2.05, 4.69) is 17.6 Å². The topological polar surface area (TPSA) is 76.1 Å². The predicted octanol–water partition coefficient (Wildman–Crippen LogP) is 1.47. The third-order valence-corrected chi connectivity index (χ3v) is 2.64. The summed E-state index contributed by atoms with van der Waals surface area (Å²) in [5.74, 6) is 0. The van der Waals surface area contributed by atoms with E-state index < -0.39 is 0 Å². The van der Waals surface area contributed by atoms with Crippen molar-refractivity contribution in [3.63, 3.8) is 0 Å². The lowest BCUT2D eigenvalue weighted by molar-refractivity contribution is 0.714. The van der Waals surface area contributed by atoms with Crippen molar-refractivity contribution in [2.45, 2.75) is 19.4 Å². The van der Waals surface area contributed by atoms with Crippen LogP contribution in [0, 0.1) is 0 Å². The van der Waals surface area contributed by atoms with Gasteiger partial charge in [0.2, 0.25) is 0 Å². The van der Waals surface area contributed by atoms with Gasteiger partial charge in [0.1, 0.15) is 0 Å². The Morgan fingerprint density at radius 3 is 2.57 bits per heavy atom. The maximum atomic E-state index is 5.87. The van der Waals surface area contributed by atoms with Crippen LogP contribution in [0.25, 0.3) is 0 Å². The van der Waals surface area contributed by atoms with E-state index >= 15 is 0 Å². The van der Waals surface area contributed by atoms with Crippen LogP contribution in [-0.2, 0) is 0 Å². The Balaban J connectivity index is 2.40. The fraction of sp³-hybridized carbons (Fsp3) is 0.400. The maximum absolute atomic E-state index is 5.87. The third-order valence-electron chi connectivity index (χ3n) is 2.64. The molecule has 4 heteroatoms. The zero-order valence-corrected chi connectivity index (χ0v) is 8.30. The number of rotatable bonds is 1. The van der Waals surface area contributed by atoms with Crippen LogP contribution < -0.4 is 22.1 Å². The average Bonchev–Trinajstić information content (AvgIpc) is 2.23. The second kappa shape index (κ2) is 3.29. The predicted molar refractivity (Wildman–Crippen MR) is 61.5 cm³/mol. The van der Waals surface area contributed by atoms with Gasteiger partial charge in [0, 0.05) is 12.6 Å². The molecule has 1 aliphatic heterocycles. The molecule has 0 radical (unpaired) electrons. The van der Waals surface area contributed by atoms with E-state index in [0.717, 1.165) is 35.7 Å². The molecular weight excluding hydrogens is 176 g/mol. The minimum Gasteiger partial charge on any atom is -0.397 e. The molecule has 1 aromatic carbocycles. The summed E-state index contributed by atoms with van der Waals surface area (Å²) < 4.78 is 0. The number of nitrogen functional groups attached to an aromatic ring is 2. The lowest BCUT2D eigenvalue weighted by Gasteiger charge is -2.29. The number of fused-ring (bicyclic) bond motifs is 1. The molecule has 1 atom stereocenters. The quantitative estimate of drug-likeness (QED) is 0.508. The molecule has 1 heterocycles. The van der Waals surface area contributed by atoms with Gasteiger partial charge in [-0.2, -0.15) is 0 Å². The summed E-state index contributed by atoms with van der Waals surface area (Å²) in [4.78, 5) is 0. The van der Waals surface area contributed by atoms with Crippen LogP contribution in [-0.4, -0.2) is 12.6 Å². The average molecular weight is 192 g/mol. The summed E-state index contributed by atoms with van der Waals surface area (Å²) in [7, 11) is 0. The van der Waals surface area contributed by atoms with E-state index in [-0.39, 0.29) is 0 Å². The molecule has 2 rings (SSSR count). The van der Waals surface area contributed by atoms with Gasteiger partial charge in [-0.05, 0) is 18.6 Å². The van der Waals surface area contributed by atoms with Crippen LogP contribution in [0.15, 0.2) is 12.1 Å². The molecule has 0 spiro atoms. The highest BCUT2D eigenvalue weighted by Crippen LogP contribution is 2.36. The molecule has 0 aromatic heterocycles. The van der Waals surface area contributed by atoms with Crippen LogP contribution >= 0.6 is 0 Å². The summed E-state index contributed by atoms with van der Waals surface area (Å²) in [5.41, 5.74) is 15.1. The zero-order chi connectivity index (χ0) is 10.1. The van der Waals surface area contributed by atoms with E-state index in [1.165, 1.54) is 0 Å². The van der Waals surface area contributed by atoms with Gasteiger partial charge in [-0.15, -0.1) is 0 Å². The number of hydrogen-bond donors (Lipinski definition) is 4.